The quantitative estimate of drug-likeness (QED) is 0.709. The second-order valence-corrected chi connectivity index (χ2v) is 3.89. The molecule has 0 radical (unpaired) electrons. The fourth-order valence-electron chi connectivity index (χ4n) is 1.85. The number of carbonyl (C=O) groups is 1. The number of ketones is 1. The zero-order chi connectivity index (χ0) is 10.5. The molecule has 0 saturated carbocycles. The van der Waals surface area contributed by atoms with Crippen LogP contribution in [-0.2, 0) is 0 Å². The van der Waals surface area contributed by atoms with E-state index in [0.717, 1.165) is 32.6 Å². The van der Waals surface area contributed by atoms with Gasteiger partial charge in [0.05, 0.1) is 12.2 Å². The lowest BCUT2D eigenvalue weighted by Gasteiger charge is -2.17. The van der Waals surface area contributed by atoms with E-state index >= 15 is 0 Å². The largest absolute Gasteiger partial charge is 0.359 e. The van der Waals surface area contributed by atoms with Gasteiger partial charge in [-0.1, -0.05) is 0 Å². The second-order valence-electron chi connectivity index (χ2n) is 3.89. The molecule has 1 aromatic heterocycles. The first-order chi connectivity index (χ1) is 7.36. The summed E-state index contributed by atoms with van der Waals surface area (Å²) < 4.78 is 0. The van der Waals surface area contributed by atoms with Crippen molar-refractivity contribution in [3.63, 3.8) is 0 Å². The van der Waals surface area contributed by atoms with E-state index in [2.05, 4.69) is 15.2 Å². The molecule has 1 aliphatic rings. The zero-order valence-electron chi connectivity index (χ0n) is 8.83. The molecule has 2 N–H and O–H groups in total. The van der Waals surface area contributed by atoms with Crippen molar-refractivity contribution >= 4 is 5.78 Å². The predicted molar refractivity (Wildman–Crippen MR) is 59.0 cm³/mol. The van der Waals surface area contributed by atoms with Gasteiger partial charge in [0.25, 0.3) is 0 Å². The Morgan fingerprint density at radius 3 is 3.13 bits per heavy atom. The number of Topliss-reactive ketones (excluding diaryl/α,β-unsaturated/α-hetero) is 1. The highest BCUT2D eigenvalue weighted by Crippen LogP contribution is 2.01. The monoisotopic (exact) mass is 207 g/mol. The molecule has 4 nitrogen and oxygen atoms in total. The van der Waals surface area contributed by atoms with E-state index in [1.807, 2.05) is 12.1 Å². The second kappa shape index (κ2) is 5.09. The van der Waals surface area contributed by atoms with Crippen molar-refractivity contribution in [1.29, 1.82) is 0 Å². The number of H-pyrrole nitrogens is 1. The Labute approximate surface area is 89.7 Å². The summed E-state index contributed by atoms with van der Waals surface area (Å²) in [7, 11) is 0. The highest BCUT2D eigenvalue weighted by atomic mass is 16.1. The van der Waals surface area contributed by atoms with Crippen molar-refractivity contribution < 1.29 is 4.79 Å². The Bertz CT molecular complexity index is 300. The third kappa shape index (κ3) is 2.91. The van der Waals surface area contributed by atoms with Crippen LogP contribution in [0.2, 0.25) is 0 Å². The average molecular weight is 207 g/mol. The number of aromatic amines is 1. The fourth-order valence-corrected chi connectivity index (χ4v) is 1.85. The average Bonchev–Trinajstić information content (AvgIpc) is 2.65. The number of hydrogen-bond acceptors (Lipinski definition) is 3. The van der Waals surface area contributed by atoms with Crippen molar-refractivity contribution in [1.82, 2.24) is 15.2 Å². The van der Waals surface area contributed by atoms with E-state index in [1.165, 1.54) is 0 Å². The van der Waals surface area contributed by atoms with Gasteiger partial charge in [-0.15, -0.1) is 0 Å². The van der Waals surface area contributed by atoms with E-state index < -0.39 is 0 Å². The molecule has 82 valence electrons. The number of hydrogen-bond donors (Lipinski definition) is 2. The van der Waals surface area contributed by atoms with Gasteiger partial charge >= 0.3 is 0 Å². The normalized spacial score (nSPS) is 18.7. The van der Waals surface area contributed by atoms with Crippen LogP contribution >= 0.6 is 0 Å². The molecular formula is C11H17N3O. The van der Waals surface area contributed by atoms with Crippen molar-refractivity contribution in [3.8, 4) is 0 Å². The molecule has 0 atom stereocenters. The first kappa shape index (κ1) is 10.4. The van der Waals surface area contributed by atoms with Crippen LogP contribution in [0.5, 0.6) is 0 Å². The Hall–Kier alpha value is -1.13. The summed E-state index contributed by atoms with van der Waals surface area (Å²) in [5.74, 6) is 0.182. The number of rotatable bonds is 3. The molecule has 0 unspecified atom stereocenters. The van der Waals surface area contributed by atoms with Gasteiger partial charge in [-0.2, -0.15) is 0 Å². The van der Waals surface area contributed by atoms with Gasteiger partial charge in [0, 0.05) is 19.3 Å². The highest BCUT2D eigenvalue weighted by Gasteiger charge is 2.14. The summed E-state index contributed by atoms with van der Waals surface area (Å²) in [5.41, 5.74) is 0.715. The smallest absolute Gasteiger partial charge is 0.192 e. The first-order valence-electron chi connectivity index (χ1n) is 5.46. The predicted octanol–water partition coefficient (Wildman–Crippen LogP) is 0.493. The summed E-state index contributed by atoms with van der Waals surface area (Å²) in [4.78, 5) is 17.0. The summed E-state index contributed by atoms with van der Waals surface area (Å²) in [6.45, 7) is 4.55. The van der Waals surface area contributed by atoms with E-state index in [-0.39, 0.29) is 5.78 Å². The zero-order valence-corrected chi connectivity index (χ0v) is 8.83. The lowest BCUT2D eigenvalue weighted by atomic mass is 10.2. The third-order valence-corrected chi connectivity index (χ3v) is 2.70. The number of aromatic nitrogens is 1. The molecule has 0 amide bonds. The lowest BCUT2D eigenvalue weighted by molar-refractivity contribution is 0.0930. The minimum absolute atomic E-state index is 0.182. The van der Waals surface area contributed by atoms with Crippen LogP contribution in [0.25, 0.3) is 0 Å². The first-order valence-corrected chi connectivity index (χ1v) is 5.46. The maximum atomic E-state index is 11.8. The molecule has 4 heteroatoms. The molecule has 2 heterocycles. The van der Waals surface area contributed by atoms with Gasteiger partial charge in [0.2, 0.25) is 0 Å². The van der Waals surface area contributed by atoms with Crippen LogP contribution in [0, 0.1) is 0 Å². The molecule has 0 aliphatic carbocycles. The van der Waals surface area contributed by atoms with E-state index in [9.17, 15) is 4.79 Å². The maximum Gasteiger partial charge on any atom is 0.192 e. The Balaban J connectivity index is 1.87. The van der Waals surface area contributed by atoms with E-state index in [0.29, 0.717) is 12.2 Å². The number of nitrogens with zero attached hydrogens (tertiary/aromatic N) is 1. The lowest BCUT2D eigenvalue weighted by Crippen LogP contribution is -2.33. The van der Waals surface area contributed by atoms with Gasteiger partial charge in [-0.3, -0.25) is 9.69 Å². The van der Waals surface area contributed by atoms with Crippen LogP contribution in [-0.4, -0.2) is 48.4 Å². The van der Waals surface area contributed by atoms with Gasteiger partial charge < -0.3 is 10.3 Å². The molecular weight excluding hydrogens is 190 g/mol. The molecule has 1 saturated heterocycles. The van der Waals surface area contributed by atoms with Crippen LogP contribution < -0.4 is 5.32 Å². The van der Waals surface area contributed by atoms with Crippen molar-refractivity contribution in [2.75, 3.05) is 32.7 Å². The molecule has 15 heavy (non-hydrogen) atoms. The minimum Gasteiger partial charge on any atom is -0.359 e. The topological polar surface area (TPSA) is 48.1 Å². The van der Waals surface area contributed by atoms with Gasteiger partial charge in [-0.25, -0.2) is 0 Å². The van der Waals surface area contributed by atoms with Crippen LogP contribution in [0.15, 0.2) is 18.3 Å². The van der Waals surface area contributed by atoms with Gasteiger partial charge in [0.15, 0.2) is 5.78 Å². The van der Waals surface area contributed by atoms with Crippen LogP contribution in [0.4, 0.5) is 0 Å². The molecule has 2 rings (SSSR count). The number of carbonyl (C=O) groups excluding carboxylic acids is 1. The van der Waals surface area contributed by atoms with Crippen LogP contribution in [0.3, 0.4) is 0 Å². The summed E-state index contributed by atoms with van der Waals surface area (Å²) in [5, 5.41) is 3.32. The molecule has 0 spiro atoms. The highest BCUT2D eigenvalue weighted by molar-refractivity contribution is 5.95. The Morgan fingerprint density at radius 1 is 1.40 bits per heavy atom. The number of nitrogens with one attached hydrogen (secondary N) is 2. The Kier molecular flexibility index (Phi) is 3.53. The molecule has 1 fully saturated rings. The Morgan fingerprint density at radius 2 is 2.33 bits per heavy atom. The van der Waals surface area contributed by atoms with Crippen molar-refractivity contribution in [2.45, 2.75) is 6.42 Å². The SMILES string of the molecule is O=C(CN1CCCNCC1)c1ccc[nH]1. The molecule has 0 bridgehead atoms. The minimum atomic E-state index is 0.182. The summed E-state index contributed by atoms with van der Waals surface area (Å²) >= 11 is 0. The molecule has 1 aromatic rings. The standard InChI is InChI=1S/C11H17N3O/c15-11(10-3-1-5-13-10)9-14-7-2-4-12-6-8-14/h1,3,5,12-13H,2,4,6-9H2. The van der Waals surface area contributed by atoms with E-state index in [4.69, 9.17) is 0 Å². The van der Waals surface area contributed by atoms with Crippen LogP contribution in [0.1, 0.15) is 16.9 Å². The fraction of sp³-hybridized carbons (Fsp3) is 0.545. The summed E-state index contributed by atoms with van der Waals surface area (Å²) in [6, 6.07) is 3.69. The maximum absolute atomic E-state index is 11.8. The molecule has 1 aliphatic heterocycles. The summed E-state index contributed by atoms with van der Waals surface area (Å²) in [6.07, 6.45) is 2.91. The third-order valence-electron chi connectivity index (χ3n) is 2.70. The van der Waals surface area contributed by atoms with Gasteiger partial charge in [-0.05, 0) is 31.6 Å². The van der Waals surface area contributed by atoms with E-state index in [1.54, 1.807) is 6.20 Å². The van der Waals surface area contributed by atoms with Crippen molar-refractivity contribution in [3.05, 3.63) is 24.0 Å². The van der Waals surface area contributed by atoms with Gasteiger partial charge in [0.1, 0.15) is 0 Å². The molecule has 0 aromatic carbocycles. The van der Waals surface area contributed by atoms with Crippen molar-refractivity contribution in [2.24, 2.45) is 0 Å².